The molecule has 0 spiro atoms. The van der Waals surface area contributed by atoms with Gasteiger partial charge in [-0.15, -0.1) is 5.10 Å². The summed E-state index contributed by atoms with van der Waals surface area (Å²) in [6.45, 7) is 1.11. The van der Waals surface area contributed by atoms with E-state index in [2.05, 4.69) is 20.2 Å². The number of hydrogen-bond donors (Lipinski definition) is 4. The number of halogens is 1. The van der Waals surface area contributed by atoms with E-state index in [1.54, 1.807) is 37.4 Å². The molecule has 4 rings (SSSR count). The maximum Gasteiger partial charge on any atom is 0.261 e. The predicted octanol–water partition coefficient (Wildman–Crippen LogP) is 3.73. The van der Waals surface area contributed by atoms with Gasteiger partial charge in [-0.3, -0.25) is 9.82 Å². The van der Waals surface area contributed by atoms with E-state index >= 15 is 0 Å². The van der Waals surface area contributed by atoms with Crippen LogP contribution in [-0.2, 0) is 10.0 Å². The Morgan fingerprint density at radius 3 is 2.69 bits per heavy atom. The van der Waals surface area contributed by atoms with E-state index in [4.69, 9.17) is 21.1 Å². The van der Waals surface area contributed by atoms with Gasteiger partial charge in [0.2, 0.25) is 5.88 Å². The van der Waals surface area contributed by atoms with Gasteiger partial charge < -0.3 is 19.9 Å². The molecule has 0 saturated heterocycles. The molecule has 1 aromatic heterocycles. The first-order valence-electron chi connectivity index (χ1n) is 10.8. The number of aliphatic hydroxyl groups is 1. The SMILES string of the molecule is COc1n[nH]c2cc(OCCNC[C@H](O)c3ccc(Cl)c(NS(=O)(=O)c4ccccc4)c3)ccc12. The number of ether oxygens (including phenoxy) is 2. The molecule has 0 aliphatic heterocycles. The van der Waals surface area contributed by atoms with E-state index in [1.165, 1.54) is 18.2 Å². The molecule has 4 aromatic rings. The fraction of sp³-hybridized carbons (Fsp3) is 0.208. The van der Waals surface area contributed by atoms with Gasteiger partial charge in [0.05, 0.1) is 39.7 Å². The number of fused-ring (bicyclic) bond motifs is 1. The fourth-order valence-corrected chi connectivity index (χ4v) is 4.76. The van der Waals surface area contributed by atoms with Gasteiger partial charge in [-0.2, -0.15) is 0 Å². The Hall–Kier alpha value is -3.31. The summed E-state index contributed by atoms with van der Waals surface area (Å²) in [4.78, 5) is 0.120. The van der Waals surface area contributed by atoms with Gasteiger partial charge in [-0.25, -0.2) is 8.42 Å². The number of nitrogens with zero attached hydrogens (tertiary/aromatic N) is 1. The lowest BCUT2D eigenvalue weighted by Crippen LogP contribution is -2.26. The maximum absolute atomic E-state index is 12.6. The number of aliphatic hydroxyl groups excluding tert-OH is 1. The van der Waals surface area contributed by atoms with Crippen LogP contribution in [0.4, 0.5) is 5.69 Å². The first-order valence-corrected chi connectivity index (χ1v) is 12.6. The number of rotatable bonds is 11. The molecule has 0 unspecified atom stereocenters. The van der Waals surface area contributed by atoms with Crippen LogP contribution in [0.5, 0.6) is 11.6 Å². The summed E-state index contributed by atoms with van der Waals surface area (Å²) < 4.78 is 38.6. The molecule has 9 nitrogen and oxygen atoms in total. The van der Waals surface area contributed by atoms with Crippen molar-refractivity contribution < 1.29 is 23.0 Å². The summed E-state index contributed by atoms with van der Waals surface area (Å²) >= 11 is 6.19. The lowest BCUT2D eigenvalue weighted by atomic mass is 10.1. The van der Waals surface area contributed by atoms with Crippen LogP contribution in [0, 0.1) is 0 Å². The van der Waals surface area contributed by atoms with E-state index in [-0.39, 0.29) is 22.2 Å². The minimum Gasteiger partial charge on any atom is -0.492 e. The molecule has 184 valence electrons. The second-order valence-corrected chi connectivity index (χ2v) is 9.76. The van der Waals surface area contributed by atoms with Gasteiger partial charge in [0.25, 0.3) is 10.0 Å². The van der Waals surface area contributed by atoms with Crippen LogP contribution < -0.4 is 19.5 Å². The van der Waals surface area contributed by atoms with Crippen LogP contribution in [0.15, 0.2) is 71.6 Å². The number of aromatic nitrogens is 2. The molecule has 1 atom stereocenters. The van der Waals surface area contributed by atoms with Crippen LogP contribution >= 0.6 is 11.6 Å². The molecular weight excluding hydrogens is 492 g/mol. The fourth-order valence-electron chi connectivity index (χ4n) is 3.45. The van der Waals surface area contributed by atoms with Crippen molar-refractivity contribution in [3.8, 4) is 11.6 Å². The molecule has 0 aliphatic carbocycles. The maximum atomic E-state index is 12.6. The van der Waals surface area contributed by atoms with Crippen molar-refractivity contribution in [3.63, 3.8) is 0 Å². The number of hydrogen-bond acceptors (Lipinski definition) is 7. The lowest BCUT2D eigenvalue weighted by molar-refractivity contribution is 0.172. The normalized spacial score (nSPS) is 12.4. The molecule has 35 heavy (non-hydrogen) atoms. The highest BCUT2D eigenvalue weighted by atomic mass is 35.5. The molecule has 0 bridgehead atoms. The predicted molar refractivity (Wildman–Crippen MR) is 135 cm³/mol. The van der Waals surface area contributed by atoms with Crippen molar-refractivity contribution in [3.05, 3.63) is 77.3 Å². The van der Waals surface area contributed by atoms with E-state index in [0.717, 1.165) is 10.9 Å². The summed E-state index contributed by atoms with van der Waals surface area (Å²) in [5, 5.41) is 21.8. The molecule has 4 N–H and O–H groups in total. The number of aromatic amines is 1. The highest BCUT2D eigenvalue weighted by Crippen LogP contribution is 2.28. The number of nitrogens with one attached hydrogen (secondary N) is 3. The lowest BCUT2D eigenvalue weighted by Gasteiger charge is -2.16. The van der Waals surface area contributed by atoms with Gasteiger partial charge in [0.1, 0.15) is 12.4 Å². The Balaban J connectivity index is 1.29. The monoisotopic (exact) mass is 516 g/mol. The van der Waals surface area contributed by atoms with Crippen LogP contribution in [0.3, 0.4) is 0 Å². The molecule has 0 radical (unpaired) electrons. The van der Waals surface area contributed by atoms with Crippen molar-refractivity contribution >= 4 is 38.2 Å². The zero-order valence-electron chi connectivity index (χ0n) is 18.9. The quantitative estimate of drug-likeness (QED) is 0.224. The Morgan fingerprint density at radius 2 is 1.91 bits per heavy atom. The molecule has 0 saturated carbocycles. The van der Waals surface area contributed by atoms with Gasteiger partial charge in [0.15, 0.2) is 0 Å². The first kappa shape index (κ1) is 24.8. The van der Waals surface area contributed by atoms with Gasteiger partial charge in [-0.05, 0) is 42.0 Å². The Labute approximate surface area is 208 Å². The molecule has 0 aliphatic rings. The van der Waals surface area contributed by atoms with Crippen molar-refractivity contribution in [1.29, 1.82) is 0 Å². The van der Waals surface area contributed by atoms with Crippen molar-refractivity contribution in [2.24, 2.45) is 0 Å². The third-order valence-electron chi connectivity index (χ3n) is 5.25. The highest BCUT2D eigenvalue weighted by Gasteiger charge is 2.17. The smallest absolute Gasteiger partial charge is 0.261 e. The first-order chi connectivity index (χ1) is 16.9. The van der Waals surface area contributed by atoms with Gasteiger partial charge in [-0.1, -0.05) is 35.9 Å². The summed E-state index contributed by atoms with van der Waals surface area (Å²) in [6.07, 6.45) is -0.874. The van der Waals surface area contributed by atoms with Crippen LogP contribution in [0.25, 0.3) is 10.9 Å². The number of sulfonamides is 1. The standard InChI is InChI=1S/C24H25ClN4O5S/c1-33-24-19-9-8-17(14-21(19)27-28-24)34-12-11-26-15-23(30)16-7-10-20(25)22(13-16)29-35(31,32)18-5-3-2-4-6-18/h2-10,13-14,23,26,29-30H,11-12,15H2,1H3,(H,27,28)/t23-/m0/s1. The highest BCUT2D eigenvalue weighted by molar-refractivity contribution is 7.92. The van der Waals surface area contributed by atoms with Crippen molar-refractivity contribution in [2.75, 3.05) is 31.5 Å². The van der Waals surface area contributed by atoms with E-state index in [0.29, 0.717) is 30.3 Å². The van der Waals surface area contributed by atoms with Crippen LogP contribution in [-0.4, -0.2) is 50.5 Å². The molecule has 0 fully saturated rings. The third kappa shape index (κ3) is 6.04. The minimum atomic E-state index is -3.80. The summed E-state index contributed by atoms with van der Waals surface area (Å²) in [5.74, 6) is 1.21. The van der Waals surface area contributed by atoms with Crippen molar-refractivity contribution in [2.45, 2.75) is 11.0 Å². The summed E-state index contributed by atoms with van der Waals surface area (Å²) in [5.41, 5.74) is 1.53. The molecular formula is C24H25ClN4O5S. The number of H-pyrrole nitrogens is 1. The zero-order valence-corrected chi connectivity index (χ0v) is 20.4. The second-order valence-electron chi connectivity index (χ2n) is 7.67. The Morgan fingerprint density at radius 1 is 1.11 bits per heavy atom. The average molecular weight is 517 g/mol. The number of anilines is 1. The van der Waals surface area contributed by atoms with Crippen LogP contribution in [0.2, 0.25) is 5.02 Å². The molecule has 3 aromatic carbocycles. The van der Waals surface area contributed by atoms with E-state index in [9.17, 15) is 13.5 Å². The van der Waals surface area contributed by atoms with E-state index < -0.39 is 16.1 Å². The number of benzene rings is 3. The molecule has 11 heteroatoms. The summed E-state index contributed by atoms with van der Waals surface area (Å²) in [7, 11) is -2.24. The minimum absolute atomic E-state index is 0.120. The molecule has 0 amide bonds. The molecule has 1 heterocycles. The topological polar surface area (TPSA) is 126 Å². The largest absolute Gasteiger partial charge is 0.492 e. The number of methoxy groups -OCH3 is 1. The second kappa shape index (κ2) is 11.0. The Kier molecular flexibility index (Phi) is 7.76. The Bertz CT molecular complexity index is 1400. The van der Waals surface area contributed by atoms with Crippen LogP contribution in [0.1, 0.15) is 11.7 Å². The van der Waals surface area contributed by atoms with Gasteiger partial charge >= 0.3 is 0 Å². The van der Waals surface area contributed by atoms with Crippen molar-refractivity contribution in [1.82, 2.24) is 15.5 Å². The van der Waals surface area contributed by atoms with Gasteiger partial charge in [0, 0.05) is 19.2 Å². The zero-order chi connectivity index (χ0) is 24.8. The van der Waals surface area contributed by atoms with E-state index in [1.807, 2.05) is 18.2 Å². The third-order valence-corrected chi connectivity index (χ3v) is 6.96. The summed E-state index contributed by atoms with van der Waals surface area (Å²) in [6, 6.07) is 18.3. The average Bonchev–Trinajstić information content (AvgIpc) is 3.28.